The zero-order chi connectivity index (χ0) is 8.10. The molecule has 0 fully saturated rings. The summed E-state index contributed by atoms with van der Waals surface area (Å²) in [5, 5.41) is 0. The summed E-state index contributed by atoms with van der Waals surface area (Å²) in [4.78, 5) is 10.5. The van der Waals surface area contributed by atoms with E-state index in [-0.39, 0.29) is 52.8 Å². The SMILES string of the molecule is C#CC(=O)Oc1ccccc1.[H-].[K+]. The standard InChI is InChI=1S/C9H6O2.K.H/c1-2-9(10)11-8-6-4-3-5-7-8;;/h1,3-7H;;/q;+1;-1. The van der Waals surface area contributed by atoms with Gasteiger partial charge < -0.3 is 6.16 Å². The number of esters is 1. The van der Waals surface area contributed by atoms with Crippen LogP contribution in [0.4, 0.5) is 0 Å². The van der Waals surface area contributed by atoms with E-state index >= 15 is 0 Å². The molecule has 0 aliphatic heterocycles. The summed E-state index contributed by atoms with van der Waals surface area (Å²) in [7, 11) is 0. The molecule has 0 unspecified atom stereocenters. The van der Waals surface area contributed by atoms with E-state index < -0.39 is 5.97 Å². The second kappa shape index (κ2) is 6.41. The maximum Gasteiger partial charge on any atom is 1.00 e. The Hall–Kier alpha value is -0.114. The van der Waals surface area contributed by atoms with E-state index in [0.717, 1.165) is 0 Å². The van der Waals surface area contributed by atoms with E-state index in [9.17, 15) is 4.79 Å². The fourth-order valence-electron chi connectivity index (χ4n) is 0.625. The molecule has 12 heavy (non-hydrogen) atoms. The van der Waals surface area contributed by atoms with Gasteiger partial charge in [0.1, 0.15) is 5.75 Å². The molecule has 0 amide bonds. The third kappa shape index (κ3) is 4.05. The molecule has 0 N–H and O–H groups in total. The Morgan fingerprint density at radius 1 is 1.42 bits per heavy atom. The smallest absolute Gasteiger partial charge is 1.00 e. The summed E-state index contributed by atoms with van der Waals surface area (Å²) < 4.78 is 4.69. The fraction of sp³-hybridized carbons (Fsp3) is 0. The summed E-state index contributed by atoms with van der Waals surface area (Å²) in [6, 6.07) is 8.68. The van der Waals surface area contributed by atoms with Crippen molar-refractivity contribution in [3.05, 3.63) is 30.3 Å². The van der Waals surface area contributed by atoms with Gasteiger partial charge in [0, 0.05) is 5.92 Å². The number of benzene rings is 1. The second-order valence-electron chi connectivity index (χ2n) is 1.85. The average molecular weight is 186 g/mol. The Labute approximate surface area is 115 Å². The van der Waals surface area contributed by atoms with Gasteiger partial charge in [-0.05, 0) is 12.1 Å². The molecule has 1 aromatic carbocycles. The topological polar surface area (TPSA) is 26.3 Å². The van der Waals surface area contributed by atoms with Crippen molar-refractivity contribution in [2.24, 2.45) is 0 Å². The van der Waals surface area contributed by atoms with Crippen molar-refractivity contribution in [2.45, 2.75) is 0 Å². The molecule has 0 saturated carbocycles. The van der Waals surface area contributed by atoms with Crippen LogP contribution in [0.1, 0.15) is 1.43 Å². The Bertz CT molecular complexity index is 292. The fourth-order valence-corrected chi connectivity index (χ4v) is 0.625. The van der Waals surface area contributed by atoms with Gasteiger partial charge in [-0.1, -0.05) is 18.2 Å². The zero-order valence-corrected chi connectivity index (χ0v) is 9.90. The first kappa shape index (κ1) is 11.9. The van der Waals surface area contributed by atoms with E-state index in [1.54, 1.807) is 24.3 Å². The number of terminal acetylenes is 1. The maximum absolute atomic E-state index is 10.5. The molecule has 0 aliphatic rings. The molecule has 0 atom stereocenters. The number of rotatable bonds is 1. The van der Waals surface area contributed by atoms with E-state index in [0.29, 0.717) is 5.75 Å². The minimum absolute atomic E-state index is 0. The van der Waals surface area contributed by atoms with Crippen LogP contribution in [-0.2, 0) is 4.79 Å². The molecule has 0 aliphatic carbocycles. The van der Waals surface area contributed by atoms with Gasteiger partial charge in [0.15, 0.2) is 0 Å². The van der Waals surface area contributed by atoms with Gasteiger partial charge in [-0.25, -0.2) is 4.79 Å². The Balaban J connectivity index is 0. The van der Waals surface area contributed by atoms with Crippen LogP contribution in [0.25, 0.3) is 0 Å². The van der Waals surface area contributed by atoms with Crippen molar-refractivity contribution < 1.29 is 62.3 Å². The van der Waals surface area contributed by atoms with Crippen molar-refractivity contribution in [2.75, 3.05) is 0 Å². The van der Waals surface area contributed by atoms with E-state index in [2.05, 4.69) is 4.74 Å². The molecule has 0 aromatic heterocycles. The number of carbonyl (C=O) groups excluding carboxylic acids is 1. The van der Waals surface area contributed by atoms with E-state index in [1.165, 1.54) is 0 Å². The van der Waals surface area contributed by atoms with Crippen LogP contribution in [0, 0.1) is 12.3 Å². The first-order valence-corrected chi connectivity index (χ1v) is 3.06. The first-order chi connectivity index (χ1) is 5.33. The van der Waals surface area contributed by atoms with Gasteiger partial charge in [0.25, 0.3) is 0 Å². The summed E-state index contributed by atoms with van der Waals surface area (Å²) in [6.07, 6.45) is 4.80. The molecule has 3 heteroatoms. The third-order valence-corrected chi connectivity index (χ3v) is 1.07. The molecule has 0 radical (unpaired) electrons. The Morgan fingerprint density at radius 2 is 2.00 bits per heavy atom. The van der Waals surface area contributed by atoms with E-state index in [1.807, 2.05) is 12.0 Å². The van der Waals surface area contributed by atoms with Gasteiger partial charge in [-0.3, -0.25) is 0 Å². The van der Waals surface area contributed by atoms with Crippen LogP contribution >= 0.6 is 0 Å². The van der Waals surface area contributed by atoms with Crippen molar-refractivity contribution in [3.63, 3.8) is 0 Å². The van der Waals surface area contributed by atoms with E-state index in [4.69, 9.17) is 6.42 Å². The van der Waals surface area contributed by atoms with Gasteiger partial charge >= 0.3 is 57.4 Å². The molecule has 1 aromatic rings. The van der Waals surface area contributed by atoms with Crippen LogP contribution < -0.4 is 56.1 Å². The van der Waals surface area contributed by atoms with Gasteiger partial charge in [0.05, 0.1) is 0 Å². The Kier molecular flexibility index (Phi) is 6.35. The largest absolute Gasteiger partial charge is 1.00 e. The van der Waals surface area contributed by atoms with Crippen LogP contribution in [-0.4, -0.2) is 5.97 Å². The molecule has 0 bridgehead atoms. The predicted octanol–water partition coefficient (Wildman–Crippen LogP) is -1.66. The molecule has 0 saturated heterocycles. The molecule has 2 nitrogen and oxygen atoms in total. The zero-order valence-electron chi connectivity index (χ0n) is 7.78. The summed E-state index contributed by atoms with van der Waals surface area (Å²) >= 11 is 0. The summed E-state index contributed by atoms with van der Waals surface area (Å²) in [5.74, 6) is 1.65. The quantitative estimate of drug-likeness (QED) is 0.173. The number of hydrogen-bond acceptors (Lipinski definition) is 2. The maximum atomic E-state index is 10.5. The van der Waals surface area contributed by atoms with Crippen LogP contribution in [0.3, 0.4) is 0 Å². The monoisotopic (exact) mass is 186 g/mol. The minimum Gasteiger partial charge on any atom is -1.00 e. The molecule has 1 rings (SSSR count). The average Bonchev–Trinajstić information content (AvgIpc) is 2.06. The normalized spacial score (nSPS) is 7.58. The predicted molar refractivity (Wildman–Crippen MR) is 42.0 cm³/mol. The number of para-hydroxylation sites is 1. The number of hydrogen-bond donors (Lipinski definition) is 0. The van der Waals surface area contributed by atoms with Crippen molar-refractivity contribution >= 4 is 5.97 Å². The number of ether oxygens (including phenoxy) is 1. The Morgan fingerprint density at radius 3 is 2.50 bits per heavy atom. The van der Waals surface area contributed by atoms with Crippen molar-refractivity contribution in [1.29, 1.82) is 0 Å². The molecular weight excluding hydrogens is 179 g/mol. The van der Waals surface area contributed by atoms with Crippen LogP contribution in [0.5, 0.6) is 5.75 Å². The molecular formula is C9H7KO2. The number of carbonyl (C=O) groups is 1. The van der Waals surface area contributed by atoms with Gasteiger partial charge in [-0.15, -0.1) is 6.42 Å². The summed E-state index contributed by atoms with van der Waals surface area (Å²) in [6.45, 7) is 0. The third-order valence-electron chi connectivity index (χ3n) is 1.07. The molecule has 56 valence electrons. The van der Waals surface area contributed by atoms with Gasteiger partial charge in [-0.2, -0.15) is 0 Å². The molecule has 0 spiro atoms. The molecule has 0 heterocycles. The van der Waals surface area contributed by atoms with Crippen molar-refractivity contribution in [3.8, 4) is 18.1 Å². The van der Waals surface area contributed by atoms with Gasteiger partial charge in [0.2, 0.25) is 0 Å². The second-order valence-corrected chi connectivity index (χ2v) is 1.85. The first-order valence-electron chi connectivity index (χ1n) is 3.06. The minimum atomic E-state index is -0.670. The van der Waals surface area contributed by atoms with Crippen molar-refractivity contribution in [1.82, 2.24) is 0 Å². The summed E-state index contributed by atoms with van der Waals surface area (Å²) in [5.41, 5.74) is 0. The van der Waals surface area contributed by atoms with Crippen LogP contribution in [0.2, 0.25) is 0 Å². The van der Waals surface area contributed by atoms with Crippen LogP contribution in [0.15, 0.2) is 30.3 Å².